The number of amides is 3. The molecule has 8 heteroatoms. The van der Waals surface area contributed by atoms with Crippen molar-refractivity contribution in [3.63, 3.8) is 0 Å². The fourth-order valence-corrected chi connectivity index (χ4v) is 2.62. The summed E-state index contributed by atoms with van der Waals surface area (Å²) in [5.41, 5.74) is 5.17. The summed E-state index contributed by atoms with van der Waals surface area (Å²) in [6, 6.07) is 9.40. The Morgan fingerprint density at radius 2 is 1.92 bits per heavy atom. The highest BCUT2D eigenvalue weighted by molar-refractivity contribution is 5.88. The van der Waals surface area contributed by atoms with Gasteiger partial charge in [-0.3, -0.25) is 30.0 Å². The van der Waals surface area contributed by atoms with Crippen LogP contribution in [0.3, 0.4) is 0 Å². The Morgan fingerprint density at radius 3 is 2.56 bits per heavy atom. The van der Waals surface area contributed by atoms with Gasteiger partial charge in [0.05, 0.1) is 12.0 Å². The maximum atomic E-state index is 12.2. The minimum Gasteiger partial charge on any atom is -0.455 e. The molecule has 0 bridgehead atoms. The number of carbonyl (C=O) groups is 4. The lowest BCUT2D eigenvalue weighted by atomic mass is 10.1. The first-order valence-corrected chi connectivity index (χ1v) is 7.95. The third-order valence-corrected chi connectivity index (χ3v) is 3.96. The fourth-order valence-electron chi connectivity index (χ4n) is 2.62. The molecule has 0 spiro atoms. The summed E-state index contributed by atoms with van der Waals surface area (Å²) in [7, 11) is 0. The number of hydrazine groups is 1. The Balaban J connectivity index is 1.86. The predicted molar refractivity (Wildman–Crippen MR) is 87.6 cm³/mol. The van der Waals surface area contributed by atoms with Crippen molar-refractivity contribution in [2.75, 3.05) is 13.2 Å². The van der Waals surface area contributed by atoms with Gasteiger partial charge in [-0.1, -0.05) is 30.3 Å². The molecule has 0 aliphatic carbocycles. The van der Waals surface area contributed by atoms with E-state index in [0.717, 1.165) is 5.56 Å². The molecule has 1 aliphatic rings. The second-order valence-electron chi connectivity index (χ2n) is 5.87. The quantitative estimate of drug-likeness (QED) is 0.589. The number of esters is 1. The van der Waals surface area contributed by atoms with Crippen molar-refractivity contribution in [3.05, 3.63) is 35.9 Å². The Hall–Kier alpha value is -2.90. The van der Waals surface area contributed by atoms with E-state index in [1.807, 2.05) is 37.3 Å². The highest BCUT2D eigenvalue weighted by Gasteiger charge is 2.38. The lowest BCUT2D eigenvalue weighted by molar-refractivity contribution is -0.152. The van der Waals surface area contributed by atoms with E-state index in [4.69, 9.17) is 4.74 Å². The van der Waals surface area contributed by atoms with Crippen LogP contribution < -0.4 is 10.9 Å². The monoisotopic (exact) mass is 347 g/mol. The molecule has 1 aliphatic heterocycles. The van der Waals surface area contributed by atoms with Crippen LogP contribution in [-0.2, 0) is 23.9 Å². The van der Waals surface area contributed by atoms with Crippen LogP contribution in [-0.4, -0.2) is 41.7 Å². The van der Waals surface area contributed by atoms with Gasteiger partial charge in [-0.2, -0.15) is 0 Å². The molecule has 0 unspecified atom stereocenters. The van der Waals surface area contributed by atoms with E-state index in [1.54, 1.807) is 4.90 Å². The van der Waals surface area contributed by atoms with Crippen LogP contribution in [0.5, 0.6) is 0 Å². The number of hydrogen-bond donors (Lipinski definition) is 2. The van der Waals surface area contributed by atoms with Crippen molar-refractivity contribution in [3.8, 4) is 0 Å². The first kappa shape index (κ1) is 18.4. The topological polar surface area (TPSA) is 105 Å². The zero-order chi connectivity index (χ0) is 18.4. The standard InChI is InChI=1S/C17H21N3O5/c1-11(13-6-4-3-5-7-13)20-9-14(8-16(20)23)17(24)25-10-15(22)19-18-12(2)21/h3-7,11,14H,8-10H2,1-2H3,(H,18,21)(H,19,22)/t11-,14-/m0/s1. The molecule has 1 heterocycles. The third-order valence-electron chi connectivity index (χ3n) is 3.96. The van der Waals surface area contributed by atoms with Crippen LogP contribution in [0.1, 0.15) is 31.9 Å². The number of likely N-dealkylation sites (tertiary alicyclic amines) is 1. The van der Waals surface area contributed by atoms with Gasteiger partial charge in [0.2, 0.25) is 11.8 Å². The molecule has 134 valence electrons. The van der Waals surface area contributed by atoms with Crippen LogP contribution in [0.15, 0.2) is 30.3 Å². The first-order chi connectivity index (χ1) is 11.9. The number of rotatable bonds is 5. The molecule has 1 saturated heterocycles. The molecule has 25 heavy (non-hydrogen) atoms. The average molecular weight is 347 g/mol. The smallest absolute Gasteiger partial charge is 0.311 e. The first-order valence-electron chi connectivity index (χ1n) is 7.95. The van der Waals surface area contributed by atoms with Crippen LogP contribution >= 0.6 is 0 Å². The van der Waals surface area contributed by atoms with E-state index < -0.39 is 30.3 Å². The van der Waals surface area contributed by atoms with Gasteiger partial charge in [0.15, 0.2) is 6.61 Å². The van der Waals surface area contributed by atoms with Crippen LogP contribution in [0.2, 0.25) is 0 Å². The molecule has 0 saturated carbocycles. The number of nitrogens with zero attached hydrogens (tertiary/aromatic N) is 1. The van der Waals surface area contributed by atoms with E-state index in [9.17, 15) is 19.2 Å². The number of hydrogen-bond acceptors (Lipinski definition) is 5. The minimum absolute atomic E-state index is 0.0589. The zero-order valence-corrected chi connectivity index (χ0v) is 14.2. The Labute approximate surface area is 145 Å². The van der Waals surface area contributed by atoms with Gasteiger partial charge in [0.1, 0.15) is 0 Å². The van der Waals surface area contributed by atoms with Crippen molar-refractivity contribution in [2.45, 2.75) is 26.3 Å². The van der Waals surface area contributed by atoms with Gasteiger partial charge in [0.25, 0.3) is 5.91 Å². The maximum Gasteiger partial charge on any atom is 0.311 e. The molecule has 1 aromatic rings. The van der Waals surface area contributed by atoms with Crippen molar-refractivity contribution < 1.29 is 23.9 Å². The molecule has 2 atom stereocenters. The van der Waals surface area contributed by atoms with Gasteiger partial charge in [0, 0.05) is 19.9 Å². The molecule has 2 rings (SSSR count). The summed E-state index contributed by atoms with van der Waals surface area (Å²) in [5, 5.41) is 0. The zero-order valence-electron chi connectivity index (χ0n) is 14.2. The van der Waals surface area contributed by atoms with Gasteiger partial charge >= 0.3 is 5.97 Å². The van der Waals surface area contributed by atoms with Crippen LogP contribution in [0.4, 0.5) is 0 Å². The average Bonchev–Trinajstić information content (AvgIpc) is 2.99. The summed E-state index contributed by atoms with van der Waals surface area (Å²) in [4.78, 5) is 48.0. The lowest BCUT2D eigenvalue weighted by Crippen LogP contribution is -2.42. The molecular weight excluding hydrogens is 326 g/mol. The van der Waals surface area contributed by atoms with E-state index in [0.29, 0.717) is 0 Å². The molecule has 3 amide bonds. The lowest BCUT2D eigenvalue weighted by Gasteiger charge is -2.25. The maximum absolute atomic E-state index is 12.2. The summed E-state index contributed by atoms with van der Waals surface area (Å²) in [6.45, 7) is 2.87. The number of nitrogens with one attached hydrogen (secondary N) is 2. The second-order valence-corrected chi connectivity index (χ2v) is 5.87. The summed E-state index contributed by atoms with van der Waals surface area (Å²) < 4.78 is 4.92. The van der Waals surface area contributed by atoms with Crippen molar-refractivity contribution >= 4 is 23.7 Å². The highest BCUT2D eigenvalue weighted by Crippen LogP contribution is 2.28. The number of ether oxygens (including phenoxy) is 1. The Morgan fingerprint density at radius 1 is 1.24 bits per heavy atom. The van der Waals surface area contributed by atoms with Gasteiger partial charge < -0.3 is 9.64 Å². The highest BCUT2D eigenvalue weighted by atomic mass is 16.5. The van der Waals surface area contributed by atoms with Gasteiger partial charge in [-0.15, -0.1) is 0 Å². The molecule has 0 radical (unpaired) electrons. The second kappa shape index (κ2) is 8.27. The van der Waals surface area contributed by atoms with Crippen molar-refractivity contribution in [2.24, 2.45) is 5.92 Å². The summed E-state index contributed by atoms with van der Waals surface area (Å²) in [5.74, 6) is -2.42. The number of benzene rings is 1. The van der Waals surface area contributed by atoms with E-state index in [-0.39, 0.29) is 24.9 Å². The summed E-state index contributed by atoms with van der Waals surface area (Å²) in [6.07, 6.45) is 0.0589. The largest absolute Gasteiger partial charge is 0.455 e. The van der Waals surface area contributed by atoms with E-state index >= 15 is 0 Å². The minimum atomic E-state index is -0.651. The molecule has 2 N–H and O–H groups in total. The van der Waals surface area contributed by atoms with Crippen molar-refractivity contribution in [1.29, 1.82) is 0 Å². The Bertz CT molecular complexity index is 662. The van der Waals surface area contributed by atoms with E-state index in [2.05, 4.69) is 10.9 Å². The normalized spacial score (nSPS) is 17.8. The van der Waals surface area contributed by atoms with Crippen LogP contribution in [0.25, 0.3) is 0 Å². The van der Waals surface area contributed by atoms with Crippen molar-refractivity contribution in [1.82, 2.24) is 15.8 Å². The van der Waals surface area contributed by atoms with Gasteiger partial charge in [-0.05, 0) is 12.5 Å². The third kappa shape index (κ3) is 5.03. The number of carbonyl (C=O) groups excluding carboxylic acids is 4. The molecule has 8 nitrogen and oxygen atoms in total. The summed E-state index contributed by atoms with van der Waals surface area (Å²) >= 11 is 0. The Kier molecular flexibility index (Phi) is 6.10. The van der Waals surface area contributed by atoms with E-state index in [1.165, 1.54) is 6.92 Å². The molecular formula is C17H21N3O5. The SMILES string of the molecule is CC(=O)NNC(=O)COC(=O)[C@H]1CC(=O)N([C@@H](C)c2ccccc2)C1. The van der Waals surface area contributed by atoms with Gasteiger partial charge in [-0.25, -0.2) is 0 Å². The molecule has 1 aromatic carbocycles. The fraction of sp³-hybridized carbons (Fsp3) is 0.412. The molecule has 0 aromatic heterocycles. The predicted octanol–water partition coefficient (Wildman–Crippen LogP) is 0.307. The molecule has 1 fully saturated rings. The van der Waals surface area contributed by atoms with Crippen LogP contribution in [0, 0.1) is 5.92 Å².